The van der Waals surface area contributed by atoms with E-state index in [0.717, 1.165) is 12.8 Å². The van der Waals surface area contributed by atoms with E-state index < -0.39 is 21.0 Å². The molecule has 5 atom stereocenters. The van der Waals surface area contributed by atoms with Crippen molar-refractivity contribution in [1.82, 2.24) is 5.32 Å². The third-order valence-corrected chi connectivity index (χ3v) is 6.80. The van der Waals surface area contributed by atoms with Crippen LogP contribution in [0.2, 0.25) is 0 Å². The number of ether oxygens (including phenoxy) is 1. The smallest absolute Gasteiger partial charge is 0.238 e. The third kappa shape index (κ3) is 2.17. The molecule has 7 heteroatoms. The summed E-state index contributed by atoms with van der Waals surface area (Å²) in [7, 11) is -3.29. The van der Waals surface area contributed by atoms with E-state index in [4.69, 9.17) is 10.5 Å². The SMILES string of the molecule is NC1C2CCOC2C1NC(=O)C1CCCCS1(=O)=O. The maximum absolute atomic E-state index is 12.1. The highest BCUT2D eigenvalue weighted by Gasteiger charge is 2.53. The van der Waals surface area contributed by atoms with Gasteiger partial charge in [-0.3, -0.25) is 4.79 Å². The Kier molecular flexibility index (Phi) is 3.31. The summed E-state index contributed by atoms with van der Waals surface area (Å²) in [6.07, 6.45) is 2.77. The molecule has 3 aliphatic rings. The zero-order chi connectivity index (χ0) is 13.6. The van der Waals surface area contributed by atoms with E-state index in [1.54, 1.807) is 0 Å². The fourth-order valence-corrected chi connectivity index (χ4v) is 5.24. The summed E-state index contributed by atoms with van der Waals surface area (Å²) < 4.78 is 29.3. The quantitative estimate of drug-likeness (QED) is 0.692. The van der Waals surface area contributed by atoms with Crippen LogP contribution in [0, 0.1) is 5.92 Å². The summed E-state index contributed by atoms with van der Waals surface area (Å²) in [4.78, 5) is 12.1. The predicted molar refractivity (Wildman–Crippen MR) is 69.2 cm³/mol. The summed E-state index contributed by atoms with van der Waals surface area (Å²) in [6, 6.07) is -0.333. The molecule has 6 nitrogen and oxygen atoms in total. The van der Waals surface area contributed by atoms with Crippen molar-refractivity contribution >= 4 is 15.7 Å². The second-order valence-corrected chi connectivity index (χ2v) is 8.05. The lowest BCUT2D eigenvalue weighted by molar-refractivity contribution is -0.125. The van der Waals surface area contributed by atoms with Crippen molar-refractivity contribution in [1.29, 1.82) is 0 Å². The Morgan fingerprint density at radius 2 is 2.05 bits per heavy atom. The predicted octanol–water partition coefficient (Wildman–Crippen LogP) is -0.815. The Hall–Kier alpha value is -0.660. The molecule has 0 spiro atoms. The number of hydrogen-bond donors (Lipinski definition) is 2. The Morgan fingerprint density at radius 3 is 2.79 bits per heavy atom. The molecule has 2 heterocycles. The van der Waals surface area contributed by atoms with Crippen molar-refractivity contribution in [2.24, 2.45) is 11.7 Å². The van der Waals surface area contributed by atoms with Crippen LogP contribution in [0.3, 0.4) is 0 Å². The molecule has 1 saturated carbocycles. The van der Waals surface area contributed by atoms with Crippen LogP contribution in [-0.2, 0) is 19.4 Å². The van der Waals surface area contributed by atoms with Gasteiger partial charge in [0.15, 0.2) is 9.84 Å². The monoisotopic (exact) mass is 288 g/mol. The molecule has 3 rings (SSSR count). The maximum atomic E-state index is 12.1. The van der Waals surface area contributed by atoms with Gasteiger partial charge in [-0.05, 0) is 19.3 Å². The highest BCUT2D eigenvalue weighted by atomic mass is 32.2. The third-order valence-electron chi connectivity index (χ3n) is 4.63. The van der Waals surface area contributed by atoms with Crippen LogP contribution in [0.5, 0.6) is 0 Å². The van der Waals surface area contributed by atoms with Gasteiger partial charge in [0.2, 0.25) is 5.91 Å². The van der Waals surface area contributed by atoms with Gasteiger partial charge >= 0.3 is 0 Å². The second kappa shape index (κ2) is 4.71. The minimum absolute atomic E-state index is 0.0229. The molecule has 0 radical (unpaired) electrons. The molecule has 108 valence electrons. The van der Waals surface area contributed by atoms with Gasteiger partial charge in [-0.25, -0.2) is 8.42 Å². The molecular weight excluding hydrogens is 268 g/mol. The number of fused-ring (bicyclic) bond motifs is 1. The number of nitrogens with one attached hydrogen (secondary N) is 1. The van der Waals surface area contributed by atoms with Crippen LogP contribution >= 0.6 is 0 Å². The Labute approximate surface area is 113 Å². The van der Waals surface area contributed by atoms with Crippen molar-refractivity contribution in [3.8, 4) is 0 Å². The molecule has 0 bridgehead atoms. The van der Waals surface area contributed by atoms with Gasteiger partial charge in [0.25, 0.3) is 0 Å². The molecule has 1 amide bonds. The van der Waals surface area contributed by atoms with Crippen LogP contribution in [-0.4, -0.2) is 50.1 Å². The molecule has 1 aliphatic carbocycles. The van der Waals surface area contributed by atoms with E-state index >= 15 is 0 Å². The highest BCUT2D eigenvalue weighted by molar-refractivity contribution is 7.92. The first-order valence-electron chi connectivity index (χ1n) is 6.90. The fraction of sp³-hybridized carbons (Fsp3) is 0.917. The molecule has 0 aromatic heterocycles. The number of nitrogens with two attached hydrogens (primary N) is 1. The standard InChI is InChI=1S/C12H20N2O4S/c13-9-7-4-5-18-11(7)10(9)14-12(15)8-3-1-2-6-19(8,16)17/h7-11H,1-6,13H2,(H,14,15). The van der Waals surface area contributed by atoms with Gasteiger partial charge in [-0.1, -0.05) is 6.42 Å². The van der Waals surface area contributed by atoms with Crippen LogP contribution in [0.15, 0.2) is 0 Å². The van der Waals surface area contributed by atoms with Gasteiger partial charge in [-0.2, -0.15) is 0 Å². The van der Waals surface area contributed by atoms with E-state index in [-0.39, 0.29) is 23.9 Å². The van der Waals surface area contributed by atoms with Crippen LogP contribution < -0.4 is 11.1 Å². The summed E-state index contributed by atoms with van der Waals surface area (Å²) in [5, 5.41) is 1.90. The van der Waals surface area contributed by atoms with E-state index in [1.165, 1.54) is 0 Å². The Balaban J connectivity index is 1.65. The van der Waals surface area contributed by atoms with Gasteiger partial charge in [0, 0.05) is 18.6 Å². The van der Waals surface area contributed by atoms with Crippen molar-refractivity contribution < 1.29 is 17.9 Å². The molecule has 5 unspecified atom stereocenters. The highest BCUT2D eigenvalue weighted by Crippen LogP contribution is 2.38. The van der Waals surface area contributed by atoms with Crippen molar-refractivity contribution in [3.63, 3.8) is 0 Å². The first kappa shape index (κ1) is 13.3. The summed E-state index contributed by atoms with van der Waals surface area (Å²) in [5.41, 5.74) is 6.01. The van der Waals surface area contributed by atoms with E-state index in [2.05, 4.69) is 5.32 Å². The first-order chi connectivity index (χ1) is 9.00. The van der Waals surface area contributed by atoms with E-state index in [9.17, 15) is 13.2 Å². The minimum Gasteiger partial charge on any atom is -0.376 e. The van der Waals surface area contributed by atoms with Crippen molar-refractivity contribution in [3.05, 3.63) is 0 Å². The Morgan fingerprint density at radius 1 is 1.26 bits per heavy atom. The molecule has 2 saturated heterocycles. The fourth-order valence-electron chi connectivity index (χ4n) is 3.43. The van der Waals surface area contributed by atoms with Gasteiger partial charge in [0.05, 0.1) is 17.9 Å². The number of hydrogen-bond acceptors (Lipinski definition) is 5. The largest absolute Gasteiger partial charge is 0.376 e. The van der Waals surface area contributed by atoms with Crippen molar-refractivity contribution in [2.75, 3.05) is 12.4 Å². The molecular formula is C12H20N2O4S. The summed E-state index contributed by atoms with van der Waals surface area (Å²) in [5.74, 6) is 0.0343. The normalized spacial score (nSPS) is 44.2. The van der Waals surface area contributed by atoms with E-state index in [1.807, 2.05) is 0 Å². The first-order valence-corrected chi connectivity index (χ1v) is 8.61. The van der Waals surface area contributed by atoms with Crippen LogP contribution in [0.1, 0.15) is 25.7 Å². The molecule has 2 aliphatic heterocycles. The van der Waals surface area contributed by atoms with Gasteiger partial charge in [-0.15, -0.1) is 0 Å². The lowest BCUT2D eigenvalue weighted by atomic mass is 9.72. The maximum Gasteiger partial charge on any atom is 0.238 e. The van der Waals surface area contributed by atoms with Crippen LogP contribution in [0.4, 0.5) is 0 Å². The minimum atomic E-state index is -3.29. The Bertz CT molecular complexity index is 478. The van der Waals surface area contributed by atoms with Crippen molar-refractivity contribution in [2.45, 2.75) is 49.1 Å². The molecule has 0 aromatic carbocycles. The molecule has 3 fully saturated rings. The molecule has 19 heavy (non-hydrogen) atoms. The topological polar surface area (TPSA) is 98.5 Å². The lowest BCUT2D eigenvalue weighted by Crippen LogP contribution is -2.70. The molecule has 3 N–H and O–H groups in total. The van der Waals surface area contributed by atoms with Gasteiger partial charge in [0.1, 0.15) is 5.25 Å². The van der Waals surface area contributed by atoms with E-state index in [0.29, 0.717) is 25.4 Å². The number of amides is 1. The summed E-state index contributed by atoms with van der Waals surface area (Å²) >= 11 is 0. The number of carbonyl (C=O) groups excluding carboxylic acids is 1. The zero-order valence-corrected chi connectivity index (χ0v) is 11.6. The zero-order valence-electron chi connectivity index (χ0n) is 10.7. The van der Waals surface area contributed by atoms with Crippen LogP contribution in [0.25, 0.3) is 0 Å². The number of carbonyl (C=O) groups is 1. The summed E-state index contributed by atoms with van der Waals surface area (Å²) in [6.45, 7) is 0.678. The van der Waals surface area contributed by atoms with Gasteiger partial charge < -0.3 is 15.8 Å². The number of sulfone groups is 1. The average molecular weight is 288 g/mol. The molecule has 0 aromatic rings. The number of rotatable bonds is 2. The average Bonchev–Trinajstić information content (AvgIpc) is 2.79. The second-order valence-electron chi connectivity index (χ2n) is 5.75. The lowest BCUT2D eigenvalue weighted by Gasteiger charge is -2.46.